The van der Waals surface area contributed by atoms with Gasteiger partial charge in [-0.15, -0.1) is 0 Å². The van der Waals surface area contributed by atoms with Crippen molar-refractivity contribution in [2.24, 2.45) is 35.0 Å². The molecule has 0 saturated heterocycles. The molecule has 2 bridgehead atoms. The Hall–Kier alpha value is -2.37. The van der Waals surface area contributed by atoms with Gasteiger partial charge in [0.05, 0.1) is 0 Å². The fraction of sp³-hybridized carbons (Fsp3) is 0.743. The first kappa shape index (κ1) is 30.1. The van der Waals surface area contributed by atoms with Crippen molar-refractivity contribution in [1.82, 2.24) is 15.0 Å². The molecule has 226 valence electrons. The lowest BCUT2D eigenvalue weighted by molar-refractivity contribution is 0.0925. The zero-order chi connectivity index (χ0) is 28.8. The Morgan fingerprint density at radius 1 is 0.780 bits per heavy atom. The maximum Gasteiger partial charge on any atom is 0.229 e. The highest BCUT2D eigenvalue weighted by Crippen LogP contribution is 2.45. The number of nitrogens with one attached hydrogen (secondary N) is 3. The van der Waals surface area contributed by atoms with Crippen molar-refractivity contribution in [2.45, 2.75) is 124 Å². The van der Waals surface area contributed by atoms with Gasteiger partial charge < -0.3 is 16.0 Å². The van der Waals surface area contributed by atoms with Gasteiger partial charge in [0.1, 0.15) is 0 Å². The molecule has 2 aromatic rings. The minimum Gasteiger partial charge on any atom is -0.354 e. The Bertz CT molecular complexity index is 1080. The van der Waals surface area contributed by atoms with Crippen LogP contribution >= 0.6 is 0 Å². The van der Waals surface area contributed by atoms with Crippen molar-refractivity contribution in [3.8, 4) is 0 Å². The van der Waals surface area contributed by atoms with E-state index in [1.165, 1.54) is 81.8 Å². The highest BCUT2D eigenvalue weighted by molar-refractivity contribution is 5.43. The maximum atomic E-state index is 4.82. The largest absolute Gasteiger partial charge is 0.354 e. The lowest BCUT2D eigenvalue weighted by Gasteiger charge is -2.41. The second-order valence-corrected chi connectivity index (χ2v) is 14.2. The third-order valence-electron chi connectivity index (χ3n) is 11.3. The molecule has 1 heterocycles. The number of anilines is 3. The van der Waals surface area contributed by atoms with Gasteiger partial charge in [0, 0.05) is 19.1 Å². The van der Waals surface area contributed by atoms with Crippen LogP contribution in [0.3, 0.4) is 0 Å². The minimum absolute atomic E-state index is 0.408. The molecular weight excluding hydrogens is 504 g/mol. The van der Waals surface area contributed by atoms with Gasteiger partial charge in [-0.25, -0.2) is 0 Å². The first-order valence-corrected chi connectivity index (χ1v) is 16.9. The molecular formula is C35H56N6. The minimum atomic E-state index is 0.408. The lowest BCUT2D eigenvalue weighted by Crippen LogP contribution is -2.33. The number of nitrogens with zero attached hydrogens (tertiary/aromatic N) is 3. The summed E-state index contributed by atoms with van der Waals surface area (Å²) in [6, 6.07) is 9.65. The van der Waals surface area contributed by atoms with E-state index in [-0.39, 0.29) is 0 Å². The number of fused-ring (bicyclic) bond motifs is 2. The normalized spacial score (nSPS) is 23.0. The fourth-order valence-corrected chi connectivity index (χ4v) is 8.43. The first-order chi connectivity index (χ1) is 19.8. The summed E-state index contributed by atoms with van der Waals surface area (Å²) in [5.41, 5.74) is 3.09. The van der Waals surface area contributed by atoms with Crippen molar-refractivity contribution in [3.05, 3.63) is 35.4 Å². The van der Waals surface area contributed by atoms with Crippen LogP contribution in [0.1, 0.15) is 116 Å². The molecule has 41 heavy (non-hydrogen) atoms. The van der Waals surface area contributed by atoms with Crippen LogP contribution in [0.15, 0.2) is 24.3 Å². The SMILES string of the molecule is CCC(CCc1ccc(CNc2nc(NCC3CCCCC3)nc(NC3CC4CCC3C4)n2)cc1)(C(C)C)C(C)C. The van der Waals surface area contributed by atoms with Crippen LogP contribution in [-0.4, -0.2) is 27.5 Å². The van der Waals surface area contributed by atoms with Gasteiger partial charge in [-0.05, 0) is 97.5 Å². The molecule has 3 unspecified atom stereocenters. The van der Waals surface area contributed by atoms with E-state index in [0.29, 0.717) is 41.7 Å². The molecule has 0 spiro atoms. The molecule has 0 aliphatic heterocycles. The van der Waals surface area contributed by atoms with E-state index in [2.05, 4.69) is 74.8 Å². The number of aromatic nitrogens is 3. The van der Waals surface area contributed by atoms with Gasteiger partial charge in [0.15, 0.2) is 0 Å². The summed E-state index contributed by atoms with van der Waals surface area (Å²) in [6.07, 6.45) is 15.7. The predicted molar refractivity (Wildman–Crippen MR) is 172 cm³/mol. The second kappa shape index (κ2) is 13.7. The first-order valence-electron chi connectivity index (χ1n) is 16.9. The molecule has 3 atom stereocenters. The van der Waals surface area contributed by atoms with Gasteiger partial charge in [-0.3, -0.25) is 0 Å². The molecule has 1 aromatic carbocycles. The molecule has 6 heteroatoms. The van der Waals surface area contributed by atoms with E-state index in [0.717, 1.165) is 36.7 Å². The van der Waals surface area contributed by atoms with Crippen molar-refractivity contribution < 1.29 is 0 Å². The molecule has 5 rings (SSSR count). The fourth-order valence-electron chi connectivity index (χ4n) is 8.43. The third kappa shape index (κ3) is 7.53. The van der Waals surface area contributed by atoms with Gasteiger partial charge >= 0.3 is 0 Å². The Kier molecular flexibility index (Phi) is 10.1. The monoisotopic (exact) mass is 560 g/mol. The summed E-state index contributed by atoms with van der Waals surface area (Å²) in [5.74, 6) is 5.85. The molecule has 1 aromatic heterocycles. The second-order valence-electron chi connectivity index (χ2n) is 14.2. The summed E-state index contributed by atoms with van der Waals surface area (Å²) < 4.78 is 0. The highest BCUT2D eigenvalue weighted by atomic mass is 15.3. The van der Waals surface area contributed by atoms with Crippen molar-refractivity contribution in [3.63, 3.8) is 0 Å². The summed E-state index contributed by atoms with van der Waals surface area (Å²) in [5, 5.41) is 10.8. The Balaban J connectivity index is 1.21. The smallest absolute Gasteiger partial charge is 0.229 e. The molecule has 3 aliphatic rings. The number of hydrogen-bond donors (Lipinski definition) is 3. The van der Waals surface area contributed by atoms with Crippen LogP contribution in [0.2, 0.25) is 0 Å². The molecule has 3 N–H and O–H groups in total. The van der Waals surface area contributed by atoms with E-state index >= 15 is 0 Å². The lowest BCUT2D eigenvalue weighted by atomic mass is 9.64. The number of aryl methyl sites for hydroxylation is 1. The van der Waals surface area contributed by atoms with Crippen molar-refractivity contribution in [2.75, 3.05) is 22.5 Å². The van der Waals surface area contributed by atoms with Crippen molar-refractivity contribution >= 4 is 17.8 Å². The number of rotatable bonds is 14. The van der Waals surface area contributed by atoms with Crippen LogP contribution < -0.4 is 16.0 Å². The third-order valence-corrected chi connectivity index (χ3v) is 11.3. The molecule has 0 amide bonds. The summed E-state index contributed by atoms with van der Waals surface area (Å²) in [4.78, 5) is 14.4. The molecule has 6 nitrogen and oxygen atoms in total. The van der Waals surface area contributed by atoms with E-state index in [1.54, 1.807) is 0 Å². The van der Waals surface area contributed by atoms with E-state index < -0.39 is 0 Å². The number of hydrogen-bond acceptors (Lipinski definition) is 6. The van der Waals surface area contributed by atoms with E-state index in [9.17, 15) is 0 Å². The Labute approximate surface area is 249 Å². The van der Waals surface area contributed by atoms with Gasteiger partial charge in [0.25, 0.3) is 0 Å². The Morgan fingerprint density at radius 3 is 2.05 bits per heavy atom. The van der Waals surface area contributed by atoms with E-state index in [1.807, 2.05) is 0 Å². The topological polar surface area (TPSA) is 74.8 Å². The quantitative estimate of drug-likeness (QED) is 0.214. The summed E-state index contributed by atoms with van der Waals surface area (Å²) >= 11 is 0. The summed E-state index contributed by atoms with van der Waals surface area (Å²) in [6.45, 7) is 13.6. The van der Waals surface area contributed by atoms with Crippen LogP contribution in [0.4, 0.5) is 17.8 Å². The van der Waals surface area contributed by atoms with Crippen LogP contribution in [0.25, 0.3) is 0 Å². The van der Waals surface area contributed by atoms with E-state index in [4.69, 9.17) is 15.0 Å². The molecule has 3 fully saturated rings. The Morgan fingerprint density at radius 2 is 1.44 bits per heavy atom. The van der Waals surface area contributed by atoms with Gasteiger partial charge in [-0.1, -0.05) is 84.6 Å². The molecule has 0 radical (unpaired) electrons. The maximum absolute atomic E-state index is 4.82. The predicted octanol–water partition coefficient (Wildman–Crippen LogP) is 8.72. The average molecular weight is 561 g/mol. The van der Waals surface area contributed by atoms with Crippen LogP contribution in [-0.2, 0) is 13.0 Å². The summed E-state index contributed by atoms with van der Waals surface area (Å²) in [7, 11) is 0. The average Bonchev–Trinajstić information content (AvgIpc) is 3.60. The van der Waals surface area contributed by atoms with Gasteiger partial charge in [0.2, 0.25) is 17.8 Å². The zero-order valence-electron chi connectivity index (χ0n) is 26.5. The van der Waals surface area contributed by atoms with Gasteiger partial charge in [-0.2, -0.15) is 15.0 Å². The van der Waals surface area contributed by atoms with Crippen LogP contribution in [0.5, 0.6) is 0 Å². The molecule has 3 saturated carbocycles. The molecule has 3 aliphatic carbocycles. The zero-order valence-corrected chi connectivity index (χ0v) is 26.5. The van der Waals surface area contributed by atoms with Crippen molar-refractivity contribution in [1.29, 1.82) is 0 Å². The van der Waals surface area contributed by atoms with Crippen LogP contribution in [0, 0.1) is 35.0 Å². The highest BCUT2D eigenvalue weighted by Gasteiger charge is 2.40. The number of benzene rings is 1. The standard InChI is InChI=1S/C35H56N6/c1-6-35(24(2)3,25(4)5)19-18-26-12-14-28(15-13-26)23-37-33-39-32(36-22-27-10-8-7-9-11-27)40-34(41-33)38-31-21-29-16-17-30(31)20-29/h12-15,24-25,27,29-31H,6-11,16-23H2,1-5H3,(H3,36,37,38,39,40,41).